The van der Waals surface area contributed by atoms with E-state index in [1.807, 2.05) is 36.4 Å². The van der Waals surface area contributed by atoms with E-state index >= 15 is 0 Å². The predicted molar refractivity (Wildman–Crippen MR) is 102 cm³/mol. The van der Waals surface area contributed by atoms with Gasteiger partial charge < -0.3 is 18.9 Å². The maximum Gasteiger partial charge on any atom is 0.215 e. The molecule has 1 fully saturated rings. The Kier molecular flexibility index (Phi) is 5.59. The van der Waals surface area contributed by atoms with Gasteiger partial charge in [-0.25, -0.2) is 9.67 Å². The standard InChI is InChI=1S/C20H20ClN3O4/c1-25-10-19-11-26-20(28-19,12-24-14-22-13-23-24)15-2-6-17(7-3-15)27-18-8-4-16(21)5-9-18/h2-9,13-14,19H,10-12H2,1H3. The van der Waals surface area contributed by atoms with Crippen LogP contribution in [0.3, 0.4) is 0 Å². The Balaban J connectivity index is 1.55. The zero-order chi connectivity index (χ0) is 19.4. The summed E-state index contributed by atoms with van der Waals surface area (Å²) in [6.07, 6.45) is 2.97. The highest BCUT2D eigenvalue weighted by Gasteiger charge is 2.44. The summed E-state index contributed by atoms with van der Waals surface area (Å²) in [6, 6.07) is 14.8. The van der Waals surface area contributed by atoms with E-state index in [1.165, 1.54) is 6.33 Å². The fraction of sp³-hybridized carbons (Fsp3) is 0.300. The highest BCUT2D eigenvalue weighted by Crippen LogP contribution is 2.37. The van der Waals surface area contributed by atoms with E-state index in [0.717, 1.165) is 5.56 Å². The van der Waals surface area contributed by atoms with Crippen molar-refractivity contribution >= 4 is 11.6 Å². The number of ether oxygens (including phenoxy) is 4. The summed E-state index contributed by atoms with van der Waals surface area (Å²) in [5.41, 5.74) is 0.866. The zero-order valence-corrected chi connectivity index (χ0v) is 16.1. The molecule has 0 saturated carbocycles. The van der Waals surface area contributed by atoms with E-state index < -0.39 is 5.79 Å². The fourth-order valence-corrected chi connectivity index (χ4v) is 3.23. The van der Waals surface area contributed by atoms with Crippen molar-refractivity contribution in [3.63, 3.8) is 0 Å². The lowest BCUT2D eigenvalue weighted by Crippen LogP contribution is -2.34. The van der Waals surface area contributed by atoms with Gasteiger partial charge in [-0.05, 0) is 48.5 Å². The van der Waals surface area contributed by atoms with Crippen molar-refractivity contribution in [1.82, 2.24) is 14.8 Å². The Bertz CT molecular complexity index is 887. The molecule has 1 aromatic heterocycles. The number of hydrogen-bond acceptors (Lipinski definition) is 6. The second-order valence-corrected chi connectivity index (χ2v) is 6.87. The third-order valence-corrected chi connectivity index (χ3v) is 4.64. The number of benzene rings is 2. The van der Waals surface area contributed by atoms with E-state index in [4.69, 9.17) is 30.5 Å². The molecule has 0 spiro atoms. The van der Waals surface area contributed by atoms with Crippen LogP contribution in [0.2, 0.25) is 5.02 Å². The van der Waals surface area contributed by atoms with Crippen LogP contribution in [-0.4, -0.2) is 41.2 Å². The van der Waals surface area contributed by atoms with Gasteiger partial charge in [0.25, 0.3) is 0 Å². The molecule has 0 amide bonds. The first-order chi connectivity index (χ1) is 13.7. The highest BCUT2D eigenvalue weighted by molar-refractivity contribution is 6.30. The first-order valence-corrected chi connectivity index (χ1v) is 9.22. The van der Waals surface area contributed by atoms with Gasteiger partial charge in [0.1, 0.15) is 36.8 Å². The smallest absolute Gasteiger partial charge is 0.215 e. The summed E-state index contributed by atoms with van der Waals surface area (Å²) in [5, 5.41) is 4.85. The van der Waals surface area contributed by atoms with Crippen molar-refractivity contribution in [2.24, 2.45) is 0 Å². The van der Waals surface area contributed by atoms with Crippen LogP contribution >= 0.6 is 11.6 Å². The molecule has 0 radical (unpaired) electrons. The van der Waals surface area contributed by atoms with E-state index in [-0.39, 0.29) is 6.10 Å². The van der Waals surface area contributed by atoms with Crippen molar-refractivity contribution in [2.45, 2.75) is 18.4 Å². The Morgan fingerprint density at radius 1 is 1.14 bits per heavy atom. The number of nitrogens with zero attached hydrogens (tertiary/aromatic N) is 3. The van der Waals surface area contributed by atoms with Crippen molar-refractivity contribution in [3.05, 3.63) is 71.8 Å². The molecule has 4 rings (SSSR count). The first kappa shape index (κ1) is 18.9. The summed E-state index contributed by atoms with van der Waals surface area (Å²) < 4.78 is 25.1. The molecule has 0 bridgehead atoms. The van der Waals surface area contributed by atoms with Crippen LogP contribution in [0.5, 0.6) is 11.5 Å². The van der Waals surface area contributed by atoms with Crippen LogP contribution in [0, 0.1) is 0 Å². The Morgan fingerprint density at radius 2 is 1.86 bits per heavy atom. The molecule has 2 heterocycles. The number of methoxy groups -OCH3 is 1. The fourth-order valence-electron chi connectivity index (χ4n) is 3.10. The molecule has 0 aliphatic carbocycles. The Labute approximate surface area is 167 Å². The monoisotopic (exact) mass is 401 g/mol. The van der Waals surface area contributed by atoms with Crippen LogP contribution in [-0.2, 0) is 26.5 Å². The quantitative estimate of drug-likeness (QED) is 0.602. The molecule has 28 heavy (non-hydrogen) atoms. The number of aromatic nitrogens is 3. The van der Waals surface area contributed by atoms with Gasteiger partial charge in [0.15, 0.2) is 0 Å². The van der Waals surface area contributed by atoms with E-state index in [2.05, 4.69) is 10.1 Å². The second-order valence-electron chi connectivity index (χ2n) is 6.43. The number of halogens is 1. The molecule has 2 aromatic carbocycles. The molecule has 1 aliphatic rings. The third kappa shape index (κ3) is 4.18. The van der Waals surface area contributed by atoms with Gasteiger partial charge in [0, 0.05) is 17.7 Å². The molecule has 7 nitrogen and oxygen atoms in total. The molecule has 2 unspecified atom stereocenters. The van der Waals surface area contributed by atoms with Crippen LogP contribution < -0.4 is 4.74 Å². The van der Waals surface area contributed by atoms with Gasteiger partial charge in [-0.2, -0.15) is 5.10 Å². The van der Waals surface area contributed by atoms with Gasteiger partial charge in [0.05, 0.1) is 13.2 Å². The summed E-state index contributed by atoms with van der Waals surface area (Å²) in [6.45, 7) is 1.27. The third-order valence-electron chi connectivity index (χ3n) is 4.39. The van der Waals surface area contributed by atoms with E-state index in [0.29, 0.717) is 36.3 Å². The van der Waals surface area contributed by atoms with Gasteiger partial charge in [-0.1, -0.05) is 11.6 Å². The molecular formula is C20H20ClN3O4. The van der Waals surface area contributed by atoms with Crippen LogP contribution in [0.1, 0.15) is 5.56 Å². The van der Waals surface area contributed by atoms with Crippen LogP contribution in [0.25, 0.3) is 0 Å². The topological polar surface area (TPSA) is 67.6 Å². The molecular weight excluding hydrogens is 382 g/mol. The maximum absolute atomic E-state index is 6.23. The second kappa shape index (κ2) is 8.28. The van der Waals surface area contributed by atoms with Gasteiger partial charge in [0.2, 0.25) is 5.79 Å². The van der Waals surface area contributed by atoms with Gasteiger partial charge in [-0.3, -0.25) is 0 Å². The minimum absolute atomic E-state index is 0.154. The lowest BCUT2D eigenvalue weighted by atomic mass is 10.1. The normalized spacial score (nSPS) is 21.7. The SMILES string of the molecule is COCC1COC(Cn2cncn2)(c2ccc(Oc3ccc(Cl)cc3)cc2)O1. The average molecular weight is 402 g/mol. The van der Waals surface area contributed by atoms with Crippen molar-refractivity contribution < 1.29 is 18.9 Å². The summed E-state index contributed by atoms with van der Waals surface area (Å²) in [4.78, 5) is 4.00. The van der Waals surface area contributed by atoms with Crippen LogP contribution in [0.4, 0.5) is 0 Å². The molecule has 8 heteroatoms. The molecule has 1 aliphatic heterocycles. The van der Waals surface area contributed by atoms with Gasteiger partial charge >= 0.3 is 0 Å². The molecule has 1 saturated heterocycles. The summed E-state index contributed by atoms with van der Waals surface area (Å²) in [7, 11) is 1.64. The largest absolute Gasteiger partial charge is 0.457 e. The Morgan fingerprint density at radius 3 is 2.50 bits per heavy atom. The van der Waals surface area contributed by atoms with Crippen molar-refractivity contribution in [1.29, 1.82) is 0 Å². The van der Waals surface area contributed by atoms with Crippen LogP contribution in [0.15, 0.2) is 61.2 Å². The predicted octanol–water partition coefficient (Wildman–Crippen LogP) is 3.64. The van der Waals surface area contributed by atoms with Crippen molar-refractivity contribution in [3.8, 4) is 11.5 Å². The average Bonchev–Trinajstić information content (AvgIpc) is 3.36. The highest BCUT2D eigenvalue weighted by atomic mass is 35.5. The molecule has 0 N–H and O–H groups in total. The lowest BCUT2D eigenvalue weighted by Gasteiger charge is -2.28. The molecule has 3 aromatic rings. The first-order valence-electron chi connectivity index (χ1n) is 8.84. The minimum Gasteiger partial charge on any atom is -0.457 e. The van der Waals surface area contributed by atoms with E-state index in [1.54, 1.807) is 30.3 Å². The van der Waals surface area contributed by atoms with Gasteiger partial charge in [-0.15, -0.1) is 0 Å². The number of rotatable bonds is 7. The molecule has 146 valence electrons. The minimum atomic E-state index is -0.963. The zero-order valence-electron chi connectivity index (χ0n) is 15.3. The van der Waals surface area contributed by atoms with Crippen molar-refractivity contribution in [2.75, 3.05) is 20.3 Å². The molecule has 2 atom stereocenters. The Hall–Kier alpha value is -2.45. The summed E-state index contributed by atoms with van der Waals surface area (Å²) in [5.74, 6) is 0.451. The maximum atomic E-state index is 6.23. The van der Waals surface area contributed by atoms with E-state index in [9.17, 15) is 0 Å². The summed E-state index contributed by atoms with van der Waals surface area (Å²) >= 11 is 5.91. The number of hydrogen-bond donors (Lipinski definition) is 0. The lowest BCUT2D eigenvalue weighted by molar-refractivity contribution is -0.192.